The second kappa shape index (κ2) is 5.37. The summed E-state index contributed by atoms with van der Waals surface area (Å²) in [6, 6.07) is 10.1. The van der Waals surface area contributed by atoms with Gasteiger partial charge in [0.05, 0.1) is 10.2 Å². The van der Waals surface area contributed by atoms with Crippen molar-refractivity contribution in [2.45, 2.75) is 27.3 Å². The summed E-state index contributed by atoms with van der Waals surface area (Å²) in [5.74, 6) is -0.0489. The number of amides is 1. The van der Waals surface area contributed by atoms with Crippen molar-refractivity contribution < 1.29 is 4.79 Å². The van der Waals surface area contributed by atoms with Crippen molar-refractivity contribution in [1.29, 1.82) is 0 Å². The highest BCUT2D eigenvalue weighted by atomic mass is 32.1. The van der Waals surface area contributed by atoms with Crippen molar-refractivity contribution in [3.63, 3.8) is 0 Å². The average molecular weight is 298 g/mol. The van der Waals surface area contributed by atoms with Crippen LogP contribution in [0.15, 0.2) is 35.7 Å². The Morgan fingerprint density at radius 2 is 2.05 bits per heavy atom. The molecule has 1 amide bonds. The van der Waals surface area contributed by atoms with Crippen LogP contribution in [0.3, 0.4) is 0 Å². The SMILES string of the molecule is CCn1c(C(=O)Nc2ccc(C)cc2C)cc2sccc21. The predicted octanol–water partition coefficient (Wildman–Crippen LogP) is 4.59. The fraction of sp³-hybridized carbons (Fsp3) is 0.235. The molecule has 0 spiro atoms. The minimum absolute atomic E-state index is 0.0489. The molecule has 2 aromatic heterocycles. The molecule has 0 saturated heterocycles. The molecule has 0 aliphatic carbocycles. The number of aryl methyl sites for hydroxylation is 3. The van der Waals surface area contributed by atoms with E-state index in [4.69, 9.17) is 0 Å². The highest BCUT2D eigenvalue weighted by Gasteiger charge is 2.16. The standard InChI is InChI=1S/C17H18N2OS/c1-4-19-14-7-8-21-16(14)10-15(19)17(20)18-13-6-5-11(2)9-12(13)3/h5-10H,4H2,1-3H3,(H,18,20). The van der Waals surface area contributed by atoms with E-state index in [1.165, 1.54) is 5.56 Å². The topological polar surface area (TPSA) is 34.0 Å². The molecule has 0 aliphatic rings. The number of hydrogen-bond acceptors (Lipinski definition) is 2. The first-order valence-corrected chi connectivity index (χ1v) is 7.93. The van der Waals surface area contributed by atoms with E-state index < -0.39 is 0 Å². The van der Waals surface area contributed by atoms with E-state index in [2.05, 4.69) is 41.2 Å². The number of nitrogens with one attached hydrogen (secondary N) is 1. The zero-order valence-corrected chi connectivity index (χ0v) is 13.3. The maximum absolute atomic E-state index is 12.6. The van der Waals surface area contributed by atoms with Crippen LogP contribution in [0.5, 0.6) is 0 Å². The zero-order valence-electron chi connectivity index (χ0n) is 12.4. The third kappa shape index (κ3) is 2.47. The van der Waals surface area contributed by atoms with Crippen molar-refractivity contribution in [1.82, 2.24) is 4.57 Å². The fourth-order valence-corrected chi connectivity index (χ4v) is 3.47. The Balaban J connectivity index is 1.95. The lowest BCUT2D eigenvalue weighted by molar-refractivity contribution is 0.101. The molecule has 3 nitrogen and oxygen atoms in total. The molecule has 2 heterocycles. The van der Waals surface area contributed by atoms with Crippen LogP contribution < -0.4 is 5.32 Å². The van der Waals surface area contributed by atoms with Crippen LogP contribution >= 0.6 is 11.3 Å². The van der Waals surface area contributed by atoms with E-state index in [-0.39, 0.29) is 5.91 Å². The second-order valence-corrected chi connectivity index (χ2v) is 6.16. The Morgan fingerprint density at radius 1 is 1.24 bits per heavy atom. The molecule has 0 unspecified atom stereocenters. The Morgan fingerprint density at radius 3 is 2.76 bits per heavy atom. The van der Waals surface area contributed by atoms with Gasteiger partial charge in [-0.25, -0.2) is 0 Å². The number of carbonyl (C=O) groups excluding carboxylic acids is 1. The minimum Gasteiger partial charge on any atom is -0.336 e. The molecule has 0 radical (unpaired) electrons. The fourth-order valence-electron chi connectivity index (χ4n) is 2.65. The first kappa shape index (κ1) is 13.9. The number of hydrogen-bond donors (Lipinski definition) is 1. The van der Waals surface area contributed by atoms with Gasteiger partial charge in [0, 0.05) is 12.2 Å². The van der Waals surface area contributed by atoms with E-state index in [0.29, 0.717) is 0 Å². The largest absolute Gasteiger partial charge is 0.336 e. The average Bonchev–Trinajstić information content (AvgIpc) is 3.01. The summed E-state index contributed by atoms with van der Waals surface area (Å²) in [6.07, 6.45) is 0. The number of thiophene rings is 1. The van der Waals surface area contributed by atoms with E-state index in [1.807, 2.05) is 25.1 Å². The van der Waals surface area contributed by atoms with Crippen molar-refractivity contribution in [3.05, 3.63) is 52.5 Å². The molecule has 3 rings (SSSR count). The number of anilines is 1. The molecule has 0 saturated carbocycles. The summed E-state index contributed by atoms with van der Waals surface area (Å²) >= 11 is 1.67. The number of benzene rings is 1. The number of aromatic nitrogens is 1. The van der Waals surface area contributed by atoms with Gasteiger partial charge in [0.1, 0.15) is 5.69 Å². The van der Waals surface area contributed by atoms with Crippen molar-refractivity contribution >= 4 is 33.1 Å². The van der Waals surface area contributed by atoms with Crippen LogP contribution in [0, 0.1) is 13.8 Å². The quantitative estimate of drug-likeness (QED) is 0.754. The predicted molar refractivity (Wildman–Crippen MR) is 89.4 cm³/mol. The molecule has 1 N–H and O–H groups in total. The molecule has 4 heteroatoms. The van der Waals surface area contributed by atoms with Crippen LogP contribution in [0.25, 0.3) is 10.2 Å². The van der Waals surface area contributed by atoms with Gasteiger partial charge in [-0.15, -0.1) is 11.3 Å². The Bertz CT molecular complexity index is 813. The summed E-state index contributed by atoms with van der Waals surface area (Å²) in [5.41, 5.74) is 5.01. The summed E-state index contributed by atoms with van der Waals surface area (Å²) in [6.45, 7) is 6.91. The number of carbonyl (C=O) groups is 1. The second-order valence-electron chi connectivity index (χ2n) is 5.22. The number of nitrogens with zero attached hydrogens (tertiary/aromatic N) is 1. The summed E-state index contributed by atoms with van der Waals surface area (Å²) < 4.78 is 3.22. The van der Waals surface area contributed by atoms with E-state index >= 15 is 0 Å². The molecule has 108 valence electrons. The Kier molecular flexibility index (Phi) is 3.55. The lowest BCUT2D eigenvalue weighted by atomic mass is 10.1. The normalized spacial score (nSPS) is 11.0. The Labute approximate surface area is 128 Å². The van der Waals surface area contributed by atoms with E-state index in [1.54, 1.807) is 11.3 Å². The molecule has 0 aliphatic heterocycles. The first-order valence-electron chi connectivity index (χ1n) is 7.05. The van der Waals surface area contributed by atoms with Gasteiger partial charge in [0.15, 0.2) is 0 Å². The van der Waals surface area contributed by atoms with E-state index in [9.17, 15) is 4.79 Å². The van der Waals surface area contributed by atoms with Gasteiger partial charge in [-0.3, -0.25) is 4.79 Å². The first-order chi connectivity index (χ1) is 10.1. The van der Waals surface area contributed by atoms with Gasteiger partial charge in [0.2, 0.25) is 0 Å². The minimum atomic E-state index is -0.0489. The number of rotatable bonds is 3. The summed E-state index contributed by atoms with van der Waals surface area (Å²) in [4.78, 5) is 12.6. The van der Waals surface area contributed by atoms with Crippen LogP contribution in [0.1, 0.15) is 28.5 Å². The summed E-state index contributed by atoms with van der Waals surface area (Å²) in [5, 5.41) is 5.08. The highest BCUT2D eigenvalue weighted by Crippen LogP contribution is 2.26. The zero-order chi connectivity index (χ0) is 15.0. The number of fused-ring (bicyclic) bond motifs is 1. The summed E-state index contributed by atoms with van der Waals surface area (Å²) in [7, 11) is 0. The van der Waals surface area contributed by atoms with Crippen LogP contribution in [-0.4, -0.2) is 10.5 Å². The lowest BCUT2D eigenvalue weighted by Gasteiger charge is -2.11. The Hall–Kier alpha value is -2.07. The third-order valence-electron chi connectivity index (χ3n) is 3.70. The smallest absolute Gasteiger partial charge is 0.272 e. The third-order valence-corrected chi connectivity index (χ3v) is 4.55. The van der Waals surface area contributed by atoms with Gasteiger partial charge in [0.25, 0.3) is 5.91 Å². The maximum Gasteiger partial charge on any atom is 0.272 e. The maximum atomic E-state index is 12.6. The molecule has 3 aromatic rings. The molecule has 0 bridgehead atoms. The molecular formula is C17H18N2OS. The molecule has 1 aromatic carbocycles. The van der Waals surface area contributed by atoms with Gasteiger partial charge < -0.3 is 9.88 Å². The molecular weight excluding hydrogens is 280 g/mol. The lowest BCUT2D eigenvalue weighted by Crippen LogP contribution is -2.17. The molecule has 0 atom stereocenters. The van der Waals surface area contributed by atoms with Crippen molar-refractivity contribution in [2.75, 3.05) is 5.32 Å². The van der Waals surface area contributed by atoms with Gasteiger partial charge in [-0.1, -0.05) is 17.7 Å². The molecule has 21 heavy (non-hydrogen) atoms. The monoisotopic (exact) mass is 298 g/mol. The van der Waals surface area contributed by atoms with Crippen molar-refractivity contribution in [2.24, 2.45) is 0 Å². The van der Waals surface area contributed by atoms with Crippen LogP contribution in [-0.2, 0) is 6.54 Å². The van der Waals surface area contributed by atoms with Gasteiger partial charge >= 0.3 is 0 Å². The van der Waals surface area contributed by atoms with E-state index in [0.717, 1.165) is 33.7 Å². The van der Waals surface area contributed by atoms with Gasteiger partial charge in [-0.05, 0) is 49.9 Å². The highest BCUT2D eigenvalue weighted by molar-refractivity contribution is 7.17. The van der Waals surface area contributed by atoms with Crippen LogP contribution in [0.4, 0.5) is 5.69 Å². The van der Waals surface area contributed by atoms with Gasteiger partial charge in [-0.2, -0.15) is 0 Å². The van der Waals surface area contributed by atoms with Crippen molar-refractivity contribution in [3.8, 4) is 0 Å². The van der Waals surface area contributed by atoms with Crippen LogP contribution in [0.2, 0.25) is 0 Å². The molecule has 0 fully saturated rings.